The van der Waals surface area contributed by atoms with Crippen molar-refractivity contribution >= 4 is 18.2 Å². The monoisotopic (exact) mass is 196 g/mol. The van der Waals surface area contributed by atoms with Gasteiger partial charge in [-0.15, -0.1) is 0 Å². The summed E-state index contributed by atoms with van der Waals surface area (Å²) in [6, 6.07) is -0.744. The topological polar surface area (TPSA) is 65.0 Å². The van der Waals surface area contributed by atoms with Crippen molar-refractivity contribution in [1.29, 1.82) is 0 Å². The van der Waals surface area contributed by atoms with Crippen molar-refractivity contribution in [3.63, 3.8) is 0 Å². The van der Waals surface area contributed by atoms with Gasteiger partial charge in [0.1, 0.15) is 12.2 Å². The molecule has 0 aliphatic carbocycles. The highest BCUT2D eigenvalue weighted by Gasteiger charge is 2.42. The quantitative estimate of drug-likeness (QED) is 0.533. The second kappa shape index (κ2) is 3.06. The highest BCUT2D eigenvalue weighted by Crippen LogP contribution is 2.17. The van der Waals surface area contributed by atoms with Gasteiger partial charge in [0.05, 0.1) is 0 Å². The molecule has 2 rings (SSSR count). The van der Waals surface area contributed by atoms with Crippen LogP contribution in [0.1, 0.15) is 0 Å². The standard InChI is InChI=1S/C8H12N4O2/c1-11-4-3-9-6-5(11)7(13)10-8(14)12(6)2/h3,5-6H,4H2,1-2H3,(H,10,13,14). The Morgan fingerprint density at radius 2 is 2.21 bits per heavy atom. The van der Waals surface area contributed by atoms with Gasteiger partial charge in [0.15, 0.2) is 0 Å². The number of hydrogen-bond donors (Lipinski definition) is 1. The van der Waals surface area contributed by atoms with Crippen LogP contribution < -0.4 is 5.32 Å². The van der Waals surface area contributed by atoms with Crippen LogP contribution in [-0.2, 0) is 4.79 Å². The Bertz CT molecular complexity index is 314. The van der Waals surface area contributed by atoms with Crippen molar-refractivity contribution in [2.24, 2.45) is 4.99 Å². The minimum Gasteiger partial charge on any atom is -0.303 e. The first kappa shape index (κ1) is 9.14. The molecule has 1 fully saturated rings. The van der Waals surface area contributed by atoms with E-state index in [-0.39, 0.29) is 24.1 Å². The summed E-state index contributed by atoms with van der Waals surface area (Å²) in [5.41, 5.74) is 0. The third kappa shape index (κ3) is 1.19. The number of carbonyl (C=O) groups excluding carboxylic acids is 2. The van der Waals surface area contributed by atoms with Crippen molar-refractivity contribution in [3.8, 4) is 0 Å². The van der Waals surface area contributed by atoms with E-state index < -0.39 is 0 Å². The summed E-state index contributed by atoms with van der Waals surface area (Å²) in [5.74, 6) is -0.266. The van der Waals surface area contributed by atoms with E-state index in [1.54, 1.807) is 13.3 Å². The van der Waals surface area contributed by atoms with E-state index in [4.69, 9.17) is 0 Å². The molecule has 0 bridgehead atoms. The first-order chi connectivity index (χ1) is 6.61. The number of hydrogen-bond acceptors (Lipinski definition) is 4. The van der Waals surface area contributed by atoms with Crippen molar-refractivity contribution in [1.82, 2.24) is 15.1 Å². The molecule has 0 spiro atoms. The number of carbonyl (C=O) groups is 2. The Morgan fingerprint density at radius 3 is 2.93 bits per heavy atom. The fraction of sp³-hybridized carbons (Fsp3) is 0.625. The van der Waals surface area contributed by atoms with Gasteiger partial charge in [0, 0.05) is 19.8 Å². The molecule has 2 aliphatic rings. The zero-order chi connectivity index (χ0) is 10.3. The van der Waals surface area contributed by atoms with Gasteiger partial charge in [-0.3, -0.25) is 20.0 Å². The maximum absolute atomic E-state index is 11.5. The number of fused-ring (bicyclic) bond motifs is 1. The summed E-state index contributed by atoms with van der Waals surface area (Å²) in [6.07, 6.45) is 1.35. The first-order valence-corrected chi connectivity index (χ1v) is 4.41. The van der Waals surface area contributed by atoms with Gasteiger partial charge in [-0.05, 0) is 7.05 Å². The average molecular weight is 196 g/mol. The molecule has 6 heteroatoms. The molecule has 2 atom stereocenters. The van der Waals surface area contributed by atoms with Gasteiger partial charge < -0.3 is 4.90 Å². The van der Waals surface area contributed by atoms with Crippen LogP contribution in [0.25, 0.3) is 0 Å². The van der Waals surface area contributed by atoms with Crippen LogP contribution >= 0.6 is 0 Å². The van der Waals surface area contributed by atoms with E-state index in [0.717, 1.165) is 0 Å². The molecule has 2 unspecified atom stereocenters. The smallest absolute Gasteiger partial charge is 0.303 e. The van der Waals surface area contributed by atoms with Gasteiger partial charge >= 0.3 is 6.03 Å². The van der Waals surface area contributed by atoms with Gasteiger partial charge in [0.25, 0.3) is 0 Å². The van der Waals surface area contributed by atoms with Crippen LogP contribution in [0.4, 0.5) is 4.79 Å². The third-order valence-corrected chi connectivity index (χ3v) is 2.60. The second-order valence-electron chi connectivity index (χ2n) is 3.53. The Labute approximate surface area is 81.6 Å². The fourth-order valence-electron chi connectivity index (χ4n) is 1.74. The maximum atomic E-state index is 11.5. The number of likely N-dealkylation sites (N-methyl/N-ethyl adjacent to an activating group) is 2. The number of imide groups is 1. The first-order valence-electron chi connectivity index (χ1n) is 4.41. The lowest BCUT2D eigenvalue weighted by atomic mass is 10.1. The normalized spacial score (nSPS) is 32.9. The largest absolute Gasteiger partial charge is 0.325 e. The molecule has 0 aromatic rings. The molecular formula is C8H12N4O2. The van der Waals surface area contributed by atoms with Gasteiger partial charge in [-0.1, -0.05) is 0 Å². The molecule has 3 amide bonds. The molecule has 2 aliphatic heterocycles. The van der Waals surface area contributed by atoms with Crippen LogP contribution in [0.15, 0.2) is 4.99 Å². The Hall–Kier alpha value is -1.43. The fourth-order valence-corrected chi connectivity index (χ4v) is 1.74. The molecule has 1 N–H and O–H groups in total. The third-order valence-electron chi connectivity index (χ3n) is 2.60. The van der Waals surface area contributed by atoms with Gasteiger partial charge in [-0.25, -0.2) is 4.79 Å². The van der Waals surface area contributed by atoms with E-state index in [1.165, 1.54) is 4.90 Å². The van der Waals surface area contributed by atoms with Crippen LogP contribution in [0.2, 0.25) is 0 Å². The lowest BCUT2D eigenvalue weighted by Gasteiger charge is -2.41. The van der Waals surface area contributed by atoms with Crippen LogP contribution in [0, 0.1) is 0 Å². The maximum Gasteiger partial charge on any atom is 0.325 e. The Kier molecular flexibility index (Phi) is 1.99. The molecule has 0 radical (unpaired) electrons. The number of amides is 3. The number of urea groups is 1. The van der Waals surface area contributed by atoms with Crippen LogP contribution in [-0.4, -0.2) is 60.8 Å². The summed E-state index contributed by atoms with van der Waals surface area (Å²) in [7, 11) is 3.47. The molecule has 76 valence electrons. The number of nitrogens with one attached hydrogen (secondary N) is 1. The summed E-state index contributed by atoms with van der Waals surface area (Å²) in [5, 5.41) is 2.29. The minimum absolute atomic E-state index is 0.266. The highest BCUT2D eigenvalue weighted by molar-refractivity contribution is 6.00. The summed E-state index contributed by atoms with van der Waals surface area (Å²) < 4.78 is 0. The van der Waals surface area contributed by atoms with Crippen molar-refractivity contribution < 1.29 is 9.59 Å². The molecule has 2 heterocycles. The predicted molar refractivity (Wildman–Crippen MR) is 50.0 cm³/mol. The van der Waals surface area contributed by atoms with E-state index in [2.05, 4.69) is 10.3 Å². The number of nitrogens with zero attached hydrogens (tertiary/aromatic N) is 3. The average Bonchev–Trinajstić information content (AvgIpc) is 2.14. The van der Waals surface area contributed by atoms with Gasteiger partial charge in [0.2, 0.25) is 5.91 Å². The molecule has 14 heavy (non-hydrogen) atoms. The lowest BCUT2D eigenvalue weighted by molar-refractivity contribution is -0.128. The van der Waals surface area contributed by atoms with Crippen molar-refractivity contribution in [3.05, 3.63) is 0 Å². The molecule has 1 saturated heterocycles. The van der Waals surface area contributed by atoms with Crippen LogP contribution in [0.3, 0.4) is 0 Å². The summed E-state index contributed by atoms with van der Waals surface area (Å²) in [4.78, 5) is 30.3. The van der Waals surface area contributed by atoms with Crippen molar-refractivity contribution in [2.75, 3.05) is 20.6 Å². The van der Waals surface area contributed by atoms with Gasteiger partial charge in [-0.2, -0.15) is 0 Å². The van der Waals surface area contributed by atoms with Crippen molar-refractivity contribution in [2.45, 2.75) is 12.2 Å². The molecule has 6 nitrogen and oxygen atoms in total. The second-order valence-corrected chi connectivity index (χ2v) is 3.53. The molecule has 0 aromatic heterocycles. The SMILES string of the molecule is CN1CC=NC2C1C(=O)NC(=O)N2C. The molecule has 0 saturated carbocycles. The predicted octanol–water partition coefficient (Wildman–Crippen LogP) is -1.12. The van der Waals surface area contributed by atoms with E-state index in [0.29, 0.717) is 6.54 Å². The zero-order valence-electron chi connectivity index (χ0n) is 8.10. The number of rotatable bonds is 0. The Balaban J connectivity index is 2.32. The molecular weight excluding hydrogens is 184 g/mol. The minimum atomic E-state index is -0.385. The number of aliphatic imine (C=N–C) groups is 1. The Morgan fingerprint density at radius 1 is 1.50 bits per heavy atom. The van der Waals surface area contributed by atoms with E-state index in [9.17, 15) is 9.59 Å². The van der Waals surface area contributed by atoms with Crippen LogP contribution in [0.5, 0.6) is 0 Å². The zero-order valence-corrected chi connectivity index (χ0v) is 8.10. The summed E-state index contributed by atoms with van der Waals surface area (Å²) in [6.45, 7) is 0.636. The lowest BCUT2D eigenvalue weighted by Crippen LogP contribution is -2.66. The molecule has 0 aromatic carbocycles. The summed E-state index contributed by atoms with van der Waals surface area (Å²) >= 11 is 0. The van der Waals surface area contributed by atoms with E-state index >= 15 is 0 Å². The van der Waals surface area contributed by atoms with E-state index in [1.807, 2.05) is 11.9 Å². The highest BCUT2D eigenvalue weighted by atomic mass is 16.2.